The summed E-state index contributed by atoms with van der Waals surface area (Å²) in [4.78, 5) is 18.8. The van der Waals surface area contributed by atoms with Gasteiger partial charge < -0.3 is 19.8 Å². The number of amides is 1. The maximum Gasteiger partial charge on any atom is 0.224 e. The molecule has 2 unspecified atom stereocenters. The molecule has 6 nitrogen and oxygen atoms in total. The van der Waals surface area contributed by atoms with Crippen LogP contribution in [-0.4, -0.2) is 47.9 Å². The van der Waals surface area contributed by atoms with Crippen LogP contribution in [0, 0.1) is 17.8 Å². The molecule has 3 aliphatic rings. The lowest BCUT2D eigenvalue weighted by molar-refractivity contribution is -0.125. The number of hydrogen-bond acceptors (Lipinski definition) is 5. The van der Waals surface area contributed by atoms with Gasteiger partial charge in [-0.3, -0.25) is 4.79 Å². The number of thioether (sulfide) groups is 1. The van der Waals surface area contributed by atoms with Gasteiger partial charge in [0.05, 0.1) is 18.3 Å². The van der Waals surface area contributed by atoms with Crippen LogP contribution in [0.3, 0.4) is 0 Å². The number of aromatic nitrogens is 2. The third-order valence-electron chi connectivity index (χ3n) is 5.96. The molecule has 0 spiro atoms. The van der Waals surface area contributed by atoms with Gasteiger partial charge in [-0.1, -0.05) is 0 Å². The normalized spacial score (nSPS) is 33.6. The second kappa shape index (κ2) is 5.72. The molecule has 2 aliphatic heterocycles. The lowest BCUT2D eigenvalue weighted by atomic mass is 9.96. The molecular formula is C18H22N4O2S. The summed E-state index contributed by atoms with van der Waals surface area (Å²) < 4.78 is 7.81. The largest absolute Gasteiger partial charge is 0.378 e. The van der Waals surface area contributed by atoms with Crippen LogP contribution in [0.1, 0.15) is 12.2 Å². The van der Waals surface area contributed by atoms with E-state index in [4.69, 9.17) is 9.72 Å². The van der Waals surface area contributed by atoms with Crippen LogP contribution in [0.15, 0.2) is 29.4 Å². The van der Waals surface area contributed by atoms with Gasteiger partial charge in [0.25, 0.3) is 0 Å². The van der Waals surface area contributed by atoms with Gasteiger partial charge in [-0.05, 0) is 43.3 Å². The number of nitrogens with zero attached hydrogens (tertiary/aromatic N) is 2. The fraction of sp³-hybridized carbons (Fsp3) is 0.556. The zero-order valence-electron chi connectivity index (χ0n) is 14.2. The maximum absolute atomic E-state index is 12.9. The Kier molecular flexibility index (Phi) is 3.59. The first-order valence-corrected chi connectivity index (χ1v) is 10.1. The van der Waals surface area contributed by atoms with E-state index in [0.717, 1.165) is 30.9 Å². The van der Waals surface area contributed by atoms with Gasteiger partial charge in [-0.15, -0.1) is 11.8 Å². The van der Waals surface area contributed by atoms with E-state index in [0.29, 0.717) is 25.0 Å². The number of rotatable bonds is 4. The molecule has 0 bridgehead atoms. The molecule has 2 saturated heterocycles. The van der Waals surface area contributed by atoms with Crippen LogP contribution in [-0.2, 0) is 15.1 Å². The first-order valence-electron chi connectivity index (χ1n) is 8.84. The molecule has 2 aromatic rings. The zero-order chi connectivity index (χ0) is 17.0. The van der Waals surface area contributed by atoms with E-state index in [1.807, 2.05) is 18.5 Å². The lowest BCUT2D eigenvalue weighted by Crippen LogP contribution is -2.49. The predicted octanol–water partition coefficient (Wildman–Crippen LogP) is 1.25. The third kappa shape index (κ3) is 2.33. The summed E-state index contributed by atoms with van der Waals surface area (Å²) in [5.74, 6) is 2.23. The van der Waals surface area contributed by atoms with Gasteiger partial charge in [0.1, 0.15) is 11.4 Å². The van der Waals surface area contributed by atoms with Gasteiger partial charge in [-0.2, -0.15) is 0 Å². The Labute approximate surface area is 150 Å². The Bertz CT molecular complexity index is 820. The second-order valence-electron chi connectivity index (χ2n) is 7.30. The minimum absolute atomic E-state index is 0.159. The van der Waals surface area contributed by atoms with Crippen molar-refractivity contribution in [3.8, 4) is 0 Å². The quantitative estimate of drug-likeness (QED) is 0.806. The number of fused-ring (bicyclic) bond motifs is 2. The number of nitrogens with one attached hydrogen (secondary N) is 2. The van der Waals surface area contributed by atoms with E-state index in [1.165, 1.54) is 4.90 Å². The summed E-state index contributed by atoms with van der Waals surface area (Å²) in [5, 5.41) is 6.68. The van der Waals surface area contributed by atoms with Gasteiger partial charge in [-0.25, -0.2) is 4.98 Å². The van der Waals surface area contributed by atoms with Crippen molar-refractivity contribution < 1.29 is 9.53 Å². The summed E-state index contributed by atoms with van der Waals surface area (Å²) >= 11 is 1.71. The molecule has 2 N–H and O–H groups in total. The Hall–Kier alpha value is -1.57. The van der Waals surface area contributed by atoms with Crippen LogP contribution < -0.4 is 10.6 Å². The van der Waals surface area contributed by atoms with Crippen molar-refractivity contribution in [1.82, 2.24) is 20.0 Å². The molecule has 1 amide bonds. The molecule has 0 aromatic carbocycles. The third-order valence-corrected chi connectivity index (χ3v) is 6.74. The highest BCUT2D eigenvalue weighted by Crippen LogP contribution is 2.49. The number of carbonyl (C=O) groups is 1. The molecule has 132 valence electrons. The molecule has 4 heterocycles. The average Bonchev–Trinajstić information content (AvgIpc) is 3.09. The van der Waals surface area contributed by atoms with E-state index in [-0.39, 0.29) is 11.8 Å². The van der Waals surface area contributed by atoms with Gasteiger partial charge >= 0.3 is 0 Å². The minimum Gasteiger partial charge on any atom is -0.378 e. The SMILES string of the molecule is CSc1cccn2c(C3(NC(=O)C4[C@H]5CNC[C@@H]45)CCOC3)ncc12. The first kappa shape index (κ1) is 15.7. The number of imidazole rings is 1. The van der Waals surface area contributed by atoms with Crippen LogP contribution >= 0.6 is 11.8 Å². The Morgan fingerprint density at radius 3 is 3.04 bits per heavy atom. The summed E-state index contributed by atoms with van der Waals surface area (Å²) in [6, 6.07) is 4.13. The Morgan fingerprint density at radius 1 is 1.48 bits per heavy atom. The van der Waals surface area contributed by atoms with E-state index < -0.39 is 5.54 Å². The fourth-order valence-electron chi connectivity index (χ4n) is 4.54. The number of ether oxygens (including phenoxy) is 1. The molecule has 0 radical (unpaired) electrons. The van der Waals surface area contributed by atoms with E-state index in [2.05, 4.69) is 27.4 Å². The smallest absolute Gasteiger partial charge is 0.224 e. The summed E-state index contributed by atoms with van der Waals surface area (Å²) in [6.45, 7) is 3.07. The molecule has 25 heavy (non-hydrogen) atoms. The predicted molar refractivity (Wildman–Crippen MR) is 95.6 cm³/mol. The summed E-state index contributed by atoms with van der Waals surface area (Å²) in [5.41, 5.74) is 0.559. The Balaban J connectivity index is 1.49. The number of hydrogen-bond donors (Lipinski definition) is 2. The van der Waals surface area contributed by atoms with Gasteiger partial charge in [0.2, 0.25) is 5.91 Å². The second-order valence-corrected chi connectivity index (χ2v) is 8.15. The molecule has 4 atom stereocenters. The summed E-state index contributed by atoms with van der Waals surface area (Å²) in [6.07, 6.45) is 6.77. The highest BCUT2D eigenvalue weighted by Gasteiger charge is 2.58. The van der Waals surface area contributed by atoms with Crippen molar-refractivity contribution >= 4 is 23.2 Å². The van der Waals surface area contributed by atoms with Gasteiger partial charge in [0.15, 0.2) is 0 Å². The number of pyridine rings is 1. The monoisotopic (exact) mass is 358 g/mol. The molecular weight excluding hydrogens is 336 g/mol. The van der Waals surface area contributed by atoms with Crippen LogP contribution in [0.4, 0.5) is 0 Å². The number of carbonyl (C=O) groups excluding carboxylic acids is 1. The topological polar surface area (TPSA) is 67.7 Å². The maximum atomic E-state index is 12.9. The van der Waals surface area contributed by atoms with Crippen molar-refractivity contribution in [1.29, 1.82) is 0 Å². The van der Waals surface area contributed by atoms with Crippen molar-refractivity contribution in [2.45, 2.75) is 16.9 Å². The lowest BCUT2D eigenvalue weighted by Gasteiger charge is -2.28. The Morgan fingerprint density at radius 2 is 2.32 bits per heavy atom. The fourth-order valence-corrected chi connectivity index (χ4v) is 5.12. The highest BCUT2D eigenvalue weighted by atomic mass is 32.2. The highest BCUT2D eigenvalue weighted by molar-refractivity contribution is 7.98. The van der Waals surface area contributed by atoms with Crippen molar-refractivity contribution in [2.24, 2.45) is 17.8 Å². The standard InChI is InChI=1S/C18H22N4O2S/c1-25-14-3-2-5-22-13(14)9-20-17(22)18(4-6-24-10-18)21-16(23)15-11-7-19-8-12(11)15/h2-3,5,9,11-12,15,19H,4,6-8,10H2,1H3,(H,21,23)/t11-,12+,15?,18?. The zero-order valence-corrected chi connectivity index (χ0v) is 15.0. The first-order chi connectivity index (χ1) is 12.2. The van der Waals surface area contributed by atoms with Crippen LogP contribution in [0.2, 0.25) is 0 Å². The number of piperidine rings is 1. The van der Waals surface area contributed by atoms with E-state index in [1.54, 1.807) is 11.8 Å². The summed E-state index contributed by atoms with van der Waals surface area (Å²) in [7, 11) is 0. The molecule has 1 saturated carbocycles. The molecule has 7 heteroatoms. The van der Waals surface area contributed by atoms with E-state index >= 15 is 0 Å². The molecule has 2 aromatic heterocycles. The van der Waals surface area contributed by atoms with E-state index in [9.17, 15) is 4.79 Å². The molecule has 5 rings (SSSR count). The molecule has 1 aliphatic carbocycles. The van der Waals surface area contributed by atoms with Crippen molar-refractivity contribution in [2.75, 3.05) is 32.6 Å². The molecule has 3 fully saturated rings. The van der Waals surface area contributed by atoms with Crippen molar-refractivity contribution in [3.63, 3.8) is 0 Å². The minimum atomic E-state index is -0.523. The van der Waals surface area contributed by atoms with Crippen molar-refractivity contribution in [3.05, 3.63) is 30.4 Å². The van der Waals surface area contributed by atoms with Crippen LogP contribution in [0.25, 0.3) is 5.52 Å². The van der Waals surface area contributed by atoms with Gasteiger partial charge in [0, 0.05) is 30.0 Å². The average molecular weight is 358 g/mol. The van der Waals surface area contributed by atoms with Crippen LogP contribution in [0.5, 0.6) is 0 Å².